The highest BCUT2D eigenvalue weighted by Gasteiger charge is 2.34. The summed E-state index contributed by atoms with van der Waals surface area (Å²) in [5.74, 6) is -0.676. The molecule has 0 saturated carbocycles. The summed E-state index contributed by atoms with van der Waals surface area (Å²) >= 11 is 17.1. The van der Waals surface area contributed by atoms with E-state index >= 15 is 0 Å². The Bertz CT molecular complexity index is 1560. The molecule has 1 aliphatic rings. The van der Waals surface area contributed by atoms with Crippen molar-refractivity contribution in [2.24, 2.45) is 0 Å². The molecule has 1 fully saturated rings. The van der Waals surface area contributed by atoms with Crippen LogP contribution in [0, 0.1) is 0 Å². The van der Waals surface area contributed by atoms with Gasteiger partial charge in [0.25, 0.3) is 9.70 Å². The van der Waals surface area contributed by atoms with Crippen LogP contribution in [0.5, 0.6) is 0 Å². The van der Waals surface area contributed by atoms with E-state index in [4.69, 9.17) is 44.3 Å². The SMILES string of the molecule is C[C@@H](c1ccccc1)N(C)C[C@H]1C[C@@H](c2ccc(CO)cc2)O[C@@H](c2cccc(-c3cccc(CNC(=O)C(Cl)(Cl)Cl)c3)c2)O1. The summed E-state index contributed by atoms with van der Waals surface area (Å²) in [5.41, 5.74) is 6.88. The molecule has 0 radical (unpaired) electrons. The van der Waals surface area contributed by atoms with Gasteiger partial charge in [-0.3, -0.25) is 9.69 Å². The lowest BCUT2D eigenvalue weighted by Crippen LogP contribution is -2.38. The van der Waals surface area contributed by atoms with E-state index in [1.807, 2.05) is 72.8 Å². The highest BCUT2D eigenvalue weighted by molar-refractivity contribution is 6.76. The van der Waals surface area contributed by atoms with Crippen LogP contribution < -0.4 is 5.32 Å². The minimum Gasteiger partial charge on any atom is -0.392 e. The second-order valence-corrected chi connectivity index (χ2v) is 13.7. The number of alkyl halides is 3. The molecule has 0 unspecified atom stereocenters. The molecule has 1 aliphatic heterocycles. The molecule has 236 valence electrons. The molecule has 4 aromatic rings. The largest absolute Gasteiger partial charge is 0.392 e. The first-order valence-corrected chi connectivity index (χ1v) is 16.0. The quantitative estimate of drug-likeness (QED) is 0.168. The van der Waals surface area contributed by atoms with Gasteiger partial charge < -0.3 is 19.9 Å². The number of aliphatic hydroxyl groups excluding tert-OH is 1. The Hall–Kier alpha value is -2.94. The zero-order valence-corrected chi connectivity index (χ0v) is 27.5. The number of nitrogens with one attached hydrogen (secondary N) is 1. The Morgan fingerprint density at radius 2 is 1.58 bits per heavy atom. The van der Waals surface area contributed by atoms with E-state index in [2.05, 4.69) is 54.5 Å². The summed E-state index contributed by atoms with van der Waals surface area (Å²) < 4.78 is 11.2. The van der Waals surface area contributed by atoms with E-state index in [1.54, 1.807) is 0 Å². The summed E-state index contributed by atoms with van der Waals surface area (Å²) in [6.07, 6.45) is -0.160. The molecule has 1 amide bonds. The molecule has 1 heterocycles. The molecule has 1 saturated heterocycles. The summed E-state index contributed by atoms with van der Waals surface area (Å²) in [5, 5.41) is 12.2. The lowest BCUT2D eigenvalue weighted by atomic mass is 9.98. The summed E-state index contributed by atoms with van der Waals surface area (Å²) in [4.78, 5) is 14.3. The average Bonchev–Trinajstić information content (AvgIpc) is 3.06. The molecule has 0 spiro atoms. The van der Waals surface area contributed by atoms with Crippen molar-refractivity contribution in [1.82, 2.24) is 10.2 Å². The maximum Gasteiger partial charge on any atom is 0.272 e. The number of rotatable bonds is 10. The van der Waals surface area contributed by atoms with Gasteiger partial charge >= 0.3 is 0 Å². The van der Waals surface area contributed by atoms with Crippen LogP contribution in [0.1, 0.15) is 59.6 Å². The normalized spacial score (nSPS) is 19.3. The Morgan fingerprint density at radius 1 is 0.889 bits per heavy atom. The molecule has 0 aliphatic carbocycles. The molecule has 9 heteroatoms. The third-order valence-electron chi connectivity index (χ3n) is 8.18. The van der Waals surface area contributed by atoms with Crippen molar-refractivity contribution in [3.05, 3.63) is 131 Å². The third kappa shape index (κ3) is 8.87. The summed E-state index contributed by atoms with van der Waals surface area (Å²) in [6, 6.07) is 34.6. The molecule has 0 aromatic heterocycles. The number of carbonyl (C=O) groups excluding carboxylic acids is 1. The van der Waals surface area contributed by atoms with Crippen LogP contribution in [0.2, 0.25) is 0 Å². The first kappa shape index (κ1) is 33.4. The van der Waals surface area contributed by atoms with Crippen molar-refractivity contribution >= 4 is 40.7 Å². The van der Waals surface area contributed by atoms with Crippen LogP contribution >= 0.6 is 34.8 Å². The van der Waals surface area contributed by atoms with Gasteiger partial charge in [0.05, 0.1) is 18.8 Å². The van der Waals surface area contributed by atoms with Crippen molar-refractivity contribution in [2.75, 3.05) is 13.6 Å². The number of aliphatic hydroxyl groups is 1. The summed E-state index contributed by atoms with van der Waals surface area (Å²) in [6.45, 7) is 3.15. The van der Waals surface area contributed by atoms with Crippen LogP contribution in [0.4, 0.5) is 0 Å². The topological polar surface area (TPSA) is 71.0 Å². The van der Waals surface area contributed by atoms with Crippen molar-refractivity contribution < 1.29 is 19.4 Å². The second kappa shape index (κ2) is 15.1. The van der Waals surface area contributed by atoms with Crippen LogP contribution in [0.3, 0.4) is 0 Å². The number of likely N-dealkylation sites (N-methyl/N-ethyl adjacent to an activating group) is 1. The van der Waals surface area contributed by atoms with Gasteiger partial charge in [0.1, 0.15) is 0 Å². The van der Waals surface area contributed by atoms with E-state index in [0.29, 0.717) is 6.42 Å². The number of benzene rings is 4. The number of hydrogen-bond donors (Lipinski definition) is 2. The number of amides is 1. The average molecular weight is 668 g/mol. The van der Waals surface area contributed by atoms with E-state index in [1.165, 1.54) is 5.56 Å². The maximum absolute atomic E-state index is 12.0. The Kier molecular flexibility index (Phi) is 11.2. The fourth-order valence-electron chi connectivity index (χ4n) is 5.51. The molecule has 4 atom stereocenters. The molecule has 5 rings (SSSR count). The van der Waals surface area contributed by atoms with Gasteiger partial charge in [-0.05, 0) is 59.5 Å². The van der Waals surface area contributed by atoms with E-state index in [9.17, 15) is 9.90 Å². The van der Waals surface area contributed by atoms with Gasteiger partial charge in [0.2, 0.25) is 0 Å². The Morgan fingerprint density at radius 3 is 2.27 bits per heavy atom. The zero-order valence-electron chi connectivity index (χ0n) is 25.2. The van der Waals surface area contributed by atoms with Crippen molar-refractivity contribution in [2.45, 2.75) is 54.8 Å². The third-order valence-corrected chi connectivity index (χ3v) is 8.69. The molecule has 45 heavy (non-hydrogen) atoms. The van der Waals surface area contributed by atoms with Gasteiger partial charge in [-0.15, -0.1) is 0 Å². The molecule has 6 nitrogen and oxygen atoms in total. The molecular formula is C36H37Cl3N2O4. The van der Waals surface area contributed by atoms with Gasteiger partial charge in [-0.25, -0.2) is 0 Å². The number of hydrogen-bond acceptors (Lipinski definition) is 5. The molecule has 2 N–H and O–H groups in total. The van der Waals surface area contributed by atoms with Crippen LogP contribution in [0.15, 0.2) is 103 Å². The second-order valence-electron chi connectivity index (χ2n) is 11.4. The van der Waals surface area contributed by atoms with Crippen LogP contribution in [0.25, 0.3) is 11.1 Å². The fraction of sp³-hybridized carbons (Fsp3) is 0.306. The van der Waals surface area contributed by atoms with Gasteiger partial charge in [-0.1, -0.05) is 126 Å². The first-order chi connectivity index (χ1) is 21.6. The summed E-state index contributed by atoms with van der Waals surface area (Å²) in [7, 11) is 2.12. The molecule has 0 bridgehead atoms. The maximum atomic E-state index is 12.0. The van der Waals surface area contributed by atoms with Gasteiger partial charge in [-0.2, -0.15) is 0 Å². The highest BCUT2D eigenvalue weighted by Crippen LogP contribution is 2.39. The standard InChI is InChI=1S/C36H37Cl3N2O4/c1-24(27-9-4-3-5-10-27)41(2)22-32-20-33(28-16-14-25(23-42)15-17-28)45-34(44-32)31-13-7-12-30(19-31)29-11-6-8-26(18-29)21-40-35(43)36(37,38)39/h3-19,24,32-34,42H,20-23H2,1-2H3,(H,40,43)/t24-,32+,33-,34-/m0/s1. The fourth-order valence-corrected chi connectivity index (χ4v) is 5.71. The lowest BCUT2D eigenvalue weighted by molar-refractivity contribution is -0.253. The molecular weight excluding hydrogens is 631 g/mol. The number of ether oxygens (including phenoxy) is 2. The Labute approximate surface area is 279 Å². The predicted molar refractivity (Wildman–Crippen MR) is 180 cm³/mol. The van der Waals surface area contributed by atoms with Gasteiger partial charge in [0, 0.05) is 31.1 Å². The zero-order chi connectivity index (χ0) is 32.0. The van der Waals surface area contributed by atoms with Gasteiger partial charge in [0.15, 0.2) is 6.29 Å². The van der Waals surface area contributed by atoms with E-state index in [0.717, 1.165) is 39.9 Å². The lowest BCUT2D eigenvalue weighted by Gasteiger charge is -2.39. The van der Waals surface area contributed by atoms with Crippen molar-refractivity contribution in [1.29, 1.82) is 0 Å². The van der Waals surface area contributed by atoms with Crippen LogP contribution in [-0.2, 0) is 27.4 Å². The van der Waals surface area contributed by atoms with Crippen molar-refractivity contribution in [3.63, 3.8) is 0 Å². The number of nitrogens with zero attached hydrogens (tertiary/aromatic N) is 1. The van der Waals surface area contributed by atoms with Crippen molar-refractivity contribution in [3.8, 4) is 11.1 Å². The highest BCUT2D eigenvalue weighted by atomic mass is 35.6. The minimum atomic E-state index is -2.02. The molecule has 4 aromatic carbocycles. The number of halogens is 3. The van der Waals surface area contributed by atoms with E-state index < -0.39 is 16.0 Å². The van der Waals surface area contributed by atoms with E-state index in [-0.39, 0.29) is 31.4 Å². The van der Waals surface area contributed by atoms with Crippen LogP contribution in [-0.4, -0.2) is 39.4 Å². The minimum absolute atomic E-state index is 0.00436. The predicted octanol–water partition coefficient (Wildman–Crippen LogP) is 8.07. The Balaban J connectivity index is 1.37. The first-order valence-electron chi connectivity index (χ1n) is 14.9. The smallest absolute Gasteiger partial charge is 0.272 e. The monoisotopic (exact) mass is 666 g/mol. The number of carbonyl (C=O) groups is 1.